The van der Waals surface area contributed by atoms with Crippen molar-refractivity contribution in [2.45, 2.75) is 44.2 Å². The van der Waals surface area contributed by atoms with Crippen molar-refractivity contribution in [2.75, 3.05) is 17.4 Å². The Kier molecular flexibility index (Phi) is 10.5. The molecule has 0 aliphatic carbocycles. The van der Waals surface area contributed by atoms with Crippen molar-refractivity contribution in [1.29, 1.82) is 0 Å². The number of sulfonamides is 1. The van der Waals surface area contributed by atoms with Gasteiger partial charge in [0.2, 0.25) is 11.8 Å². The van der Waals surface area contributed by atoms with Crippen LogP contribution in [-0.4, -0.2) is 44.3 Å². The molecule has 4 aromatic rings. The highest BCUT2D eigenvalue weighted by atomic mass is 32.2. The van der Waals surface area contributed by atoms with E-state index in [9.17, 15) is 18.0 Å². The third-order valence-corrected chi connectivity index (χ3v) is 8.70. The molecule has 4 aromatic carbocycles. The van der Waals surface area contributed by atoms with E-state index in [1.165, 1.54) is 17.0 Å². The lowest BCUT2D eigenvalue weighted by molar-refractivity contribution is -0.140. The molecule has 0 heterocycles. The summed E-state index contributed by atoms with van der Waals surface area (Å²) in [6, 6.07) is 33.1. The molecule has 0 aromatic heterocycles. The van der Waals surface area contributed by atoms with Gasteiger partial charge in [0.25, 0.3) is 10.0 Å². The van der Waals surface area contributed by atoms with Crippen molar-refractivity contribution in [3.05, 3.63) is 132 Å². The fourth-order valence-corrected chi connectivity index (χ4v) is 6.21. The van der Waals surface area contributed by atoms with E-state index >= 15 is 0 Å². The maximum atomic E-state index is 14.3. The van der Waals surface area contributed by atoms with E-state index in [0.29, 0.717) is 12.2 Å². The Labute approximate surface area is 248 Å². The van der Waals surface area contributed by atoms with Gasteiger partial charge in [0, 0.05) is 19.5 Å². The summed E-state index contributed by atoms with van der Waals surface area (Å²) < 4.78 is 28.9. The van der Waals surface area contributed by atoms with Gasteiger partial charge in [-0.2, -0.15) is 0 Å². The van der Waals surface area contributed by atoms with E-state index in [1.54, 1.807) is 48.5 Å². The molecule has 1 atom stereocenters. The summed E-state index contributed by atoms with van der Waals surface area (Å²) in [4.78, 5) is 29.6. The van der Waals surface area contributed by atoms with E-state index in [1.807, 2.05) is 68.4 Å². The fourth-order valence-electron chi connectivity index (χ4n) is 4.77. The van der Waals surface area contributed by atoms with Crippen LogP contribution < -0.4 is 9.62 Å². The van der Waals surface area contributed by atoms with Crippen LogP contribution in [-0.2, 0) is 32.6 Å². The number of para-hydroxylation sites is 1. The summed E-state index contributed by atoms with van der Waals surface area (Å²) in [5, 5.41) is 2.96. The Morgan fingerprint density at radius 2 is 1.38 bits per heavy atom. The van der Waals surface area contributed by atoms with Gasteiger partial charge in [-0.3, -0.25) is 13.9 Å². The Morgan fingerprint density at radius 1 is 0.786 bits per heavy atom. The lowest BCUT2D eigenvalue weighted by Crippen LogP contribution is -2.53. The van der Waals surface area contributed by atoms with Gasteiger partial charge in [-0.05, 0) is 48.7 Å². The molecule has 42 heavy (non-hydrogen) atoms. The molecule has 0 saturated carbocycles. The summed E-state index contributed by atoms with van der Waals surface area (Å²) in [7, 11) is -4.10. The minimum absolute atomic E-state index is 0.0772. The maximum Gasteiger partial charge on any atom is 0.264 e. The predicted molar refractivity (Wildman–Crippen MR) is 166 cm³/mol. The Balaban J connectivity index is 1.77. The number of amides is 2. The molecule has 0 aliphatic rings. The van der Waals surface area contributed by atoms with Gasteiger partial charge in [0.1, 0.15) is 12.6 Å². The first kappa shape index (κ1) is 30.5. The van der Waals surface area contributed by atoms with Gasteiger partial charge in [0.05, 0.1) is 10.6 Å². The zero-order chi connectivity index (χ0) is 30.0. The number of nitrogens with zero attached hydrogens (tertiary/aromatic N) is 2. The topological polar surface area (TPSA) is 86.8 Å². The number of hydrogen-bond acceptors (Lipinski definition) is 4. The van der Waals surface area contributed by atoms with Crippen molar-refractivity contribution < 1.29 is 18.0 Å². The van der Waals surface area contributed by atoms with Crippen molar-refractivity contribution in [2.24, 2.45) is 0 Å². The highest BCUT2D eigenvalue weighted by molar-refractivity contribution is 7.92. The van der Waals surface area contributed by atoms with Gasteiger partial charge in [-0.1, -0.05) is 103 Å². The standard InChI is InChI=1S/C34H37N3O4S/c1-3-22-35-34(39)32(24-28-15-7-4-8-16-28)36(25-29-17-13-14-27(2)23-29)33(38)26-37(30-18-9-5-10-19-30)42(40,41)31-20-11-6-12-21-31/h4-21,23,32H,3,22,24-26H2,1-2H3,(H,35,39)/t32-/m0/s1. The van der Waals surface area contributed by atoms with Gasteiger partial charge >= 0.3 is 0 Å². The molecule has 0 aliphatic heterocycles. The first-order valence-corrected chi connectivity index (χ1v) is 15.5. The van der Waals surface area contributed by atoms with Crippen molar-refractivity contribution >= 4 is 27.5 Å². The second kappa shape index (κ2) is 14.5. The molecular formula is C34H37N3O4S. The van der Waals surface area contributed by atoms with E-state index < -0.39 is 28.5 Å². The third-order valence-electron chi connectivity index (χ3n) is 6.91. The number of carbonyl (C=O) groups excluding carboxylic acids is 2. The van der Waals surface area contributed by atoms with Crippen molar-refractivity contribution in [1.82, 2.24) is 10.2 Å². The summed E-state index contributed by atoms with van der Waals surface area (Å²) in [6.45, 7) is 4.07. The Morgan fingerprint density at radius 3 is 2.00 bits per heavy atom. The number of hydrogen-bond donors (Lipinski definition) is 1. The highest BCUT2D eigenvalue weighted by Gasteiger charge is 2.34. The van der Waals surface area contributed by atoms with Crippen LogP contribution >= 0.6 is 0 Å². The first-order valence-electron chi connectivity index (χ1n) is 14.1. The molecule has 4 rings (SSSR count). The van der Waals surface area contributed by atoms with Crippen LogP contribution in [0.5, 0.6) is 0 Å². The van der Waals surface area contributed by atoms with Crippen LogP contribution in [0, 0.1) is 6.92 Å². The Hall–Kier alpha value is -4.43. The number of carbonyl (C=O) groups is 2. The van der Waals surface area contributed by atoms with E-state index in [4.69, 9.17) is 0 Å². The molecule has 0 saturated heterocycles. The monoisotopic (exact) mass is 583 g/mol. The normalized spacial score (nSPS) is 11.9. The lowest BCUT2D eigenvalue weighted by atomic mass is 10.0. The van der Waals surface area contributed by atoms with Gasteiger partial charge in [-0.25, -0.2) is 8.42 Å². The molecule has 0 unspecified atom stereocenters. The largest absolute Gasteiger partial charge is 0.354 e. The number of benzene rings is 4. The molecule has 1 N–H and O–H groups in total. The molecule has 7 nitrogen and oxygen atoms in total. The second-order valence-electron chi connectivity index (χ2n) is 10.2. The zero-order valence-electron chi connectivity index (χ0n) is 24.0. The smallest absolute Gasteiger partial charge is 0.264 e. The summed E-state index contributed by atoms with van der Waals surface area (Å²) in [5.41, 5.74) is 3.13. The lowest BCUT2D eigenvalue weighted by Gasteiger charge is -2.34. The average Bonchev–Trinajstić information content (AvgIpc) is 3.01. The van der Waals surface area contributed by atoms with E-state index in [0.717, 1.165) is 27.4 Å². The molecular weight excluding hydrogens is 546 g/mol. The highest BCUT2D eigenvalue weighted by Crippen LogP contribution is 2.25. The summed E-state index contributed by atoms with van der Waals surface area (Å²) >= 11 is 0. The van der Waals surface area contributed by atoms with Crippen LogP contribution in [0.3, 0.4) is 0 Å². The molecule has 0 fully saturated rings. The van der Waals surface area contributed by atoms with Gasteiger partial charge in [-0.15, -0.1) is 0 Å². The summed E-state index contributed by atoms with van der Waals surface area (Å²) in [6.07, 6.45) is 1.03. The molecule has 0 spiro atoms. The first-order chi connectivity index (χ1) is 20.3. The Bertz CT molecular complexity index is 1560. The molecule has 2 amide bonds. The number of nitrogens with one attached hydrogen (secondary N) is 1. The van der Waals surface area contributed by atoms with Crippen molar-refractivity contribution in [3.8, 4) is 0 Å². The fraction of sp³-hybridized carbons (Fsp3) is 0.235. The van der Waals surface area contributed by atoms with Crippen molar-refractivity contribution in [3.63, 3.8) is 0 Å². The van der Waals surface area contributed by atoms with E-state index in [-0.39, 0.29) is 23.8 Å². The van der Waals surface area contributed by atoms with Crippen LogP contribution in [0.25, 0.3) is 0 Å². The number of aryl methyl sites for hydroxylation is 1. The minimum Gasteiger partial charge on any atom is -0.354 e. The molecule has 0 radical (unpaired) electrons. The average molecular weight is 584 g/mol. The molecule has 218 valence electrons. The third kappa shape index (κ3) is 7.85. The SMILES string of the molecule is CCCNC(=O)[C@H](Cc1ccccc1)N(Cc1cccc(C)c1)C(=O)CN(c1ccccc1)S(=O)(=O)c1ccccc1. The quantitative estimate of drug-likeness (QED) is 0.230. The summed E-state index contributed by atoms with van der Waals surface area (Å²) in [5.74, 6) is -0.758. The number of anilines is 1. The molecule has 8 heteroatoms. The van der Waals surface area contributed by atoms with Crippen LogP contribution in [0.2, 0.25) is 0 Å². The number of rotatable bonds is 13. The maximum absolute atomic E-state index is 14.3. The van der Waals surface area contributed by atoms with Crippen LogP contribution in [0.15, 0.2) is 120 Å². The minimum atomic E-state index is -4.10. The molecule has 0 bridgehead atoms. The van der Waals surface area contributed by atoms with Gasteiger partial charge < -0.3 is 10.2 Å². The zero-order valence-corrected chi connectivity index (χ0v) is 24.8. The van der Waals surface area contributed by atoms with E-state index in [2.05, 4.69) is 5.32 Å². The van der Waals surface area contributed by atoms with Crippen LogP contribution in [0.1, 0.15) is 30.0 Å². The van der Waals surface area contributed by atoms with Crippen LogP contribution in [0.4, 0.5) is 5.69 Å². The van der Waals surface area contributed by atoms with Gasteiger partial charge in [0.15, 0.2) is 0 Å². The second-order valence-corrected chi connectivity index (χ2v) is 12.0. The predicted octanol–water partition coefficient (Wildman–Crippen LogP) is 5.36.